The van der Waals surface area contributed by atoms with Crippen molar-refractivity contribution in [3.63, 3.8) is 0 Å². The number of nitrogens with one attached hydrogen (secondary N) is 1. The van der Waals surface area contributed by atoms with E-state index in [9.17, 15) is 18.5 Å². The lowest BCUT2D eigenvalue weighted by Crippen LogP contribution is -2.40. The zero-order chi connectivity index (χ0) is 20.9. The highest BCUT2D eigenvalue weighted by molar-refractivity contribution is 7.89. The van der Waals surface area contributed by atoms with Gasteiger partial charge in [-0.05, 0) is 24.1 Å². The number of sulfonamides is 1. The number of ether oxygens (including phenoxy) is 1. The largest absolute Gasteiger partial charge is 0.379 e. The van der Waals surface area contributed by atoms with Crippen molar-refractivity contribution in [2.24, 2.45) is 0 Å². The highest BCUT2D eigenvalue weighted by atomic mass is 32.2. The fourth-order valence-electron chi connectivity index (χ4n) is 3.36. The smallest absolute Gasteiger partial charge is 0.293 e. The van der Waals surface area contributed by atoms with Crippen molar-refractivity contribution in [1.29, 1.82) is 0 Å². The van der Waals surface area contributed by atoms with E-state index in [0.717, 1.165) is 24.5 Å². The van der Waals surface area contributed by atoms with Gasteiger partial charge in [0.1, 0.15) is 5.69 Å². The second kappa shape index (κ2) is 9.34. The molecular formula is C20H25N3O5S. The average Bonchev–Trinajstić information content (AvgIpc) is 2.74. The quantitative estimate of drug-likeness (QED) is 0.518. The lowest BCUT2D eigenvalue weighted by molar-refractivity contribution is -0.384. The normalized spacial score (nSPS) is 16.3. The molecule has 0 bridgehead atoms. The predicted molar refractivity (Wildman–Crippen MR) is 110 cm³/mol. The minimum atomic E-state index is -3.80. The van der Waals surface area contributed by atoms with E-state index >= 15 is 0 Å². The molecule has 2 aromatic rings. The molecule has 1 atom stereocenters. The van der Waals surface area contributed by atoms with Crippen LogP contribution in [0.2, 0.25) is 0 Å². The van der Waals surface area contributed by atoms with Crippen molar-refractivity contribution < 1.29 is 18.1 Å². The Hall–Kier alpha value is -2.49. The maximum absolute atomic E-state index is 12.8. The monoisotopic (exact) mass is 419 g/mol. The van der Waals surface area contributed by atoms with Crippen LogP contribution >= 0.6 is 0 Å². The van der Waals surface area contributed by atoms with Crippen LogP contribution in [0.15, 0.2) is 53.4 Å². The summed E-state index contributed by atoms with van der Waals surface area (Å²) < 4.78 is 32.2. The van der Waals surface area contributed by atoms with E-state index in [1.807, 2.05) is 37.3 Å². The Morgan fingerprint density at radius 1 is 1.17 bits per heavy atom. The average molecular weight is 420 g/mol. The van der Waals surface area contributed by atoms with Gasteiger partial charge < -0.3 is 10.1 Å². The minimum absolute atomic E-state index is 0.0802. The first-order valence-corrected chi connectivity index (χ1v) is 11.1. The first-order chi connectivity index (χ1) is 13.9. The predicted octanol–water partition coefficient (Wildman–Crippen LogP) is 3.57. The van der Waals surface area contributed by atoms with Gasteiger partial charge in [0.25, 0.3) is 5.69 Å². The van der Waals surface area contributed by atoms with Gasteiger partial charge in [0.15, 0.2) is 0 Å². The molecule has 3 rings (SSSR count). The molecule has 0 saturated carbocycles. The van der Waals surface area contributed by atoms with Crippen LogP contribution in [-0.2, 0) is 14.8 Å². The molecule has 29 heavy (non-hydrogen) atoms. The molecule has 0 aromatic heterocycles. The number of morpholine rings is 1. The fraction of sp³-hybridized carbons (Fsp3) is 0.400. The SMILES string of the molecule is CCC[C@@H](Nc1ccc(S(=O)(=O)N2CCOCC2)cc1[N+](=O)[O-])c1ccccc1. The Labute approximate surface area is 170 Å². The van der Waals surface area contributed by atoms with Crippen LogP contribution < -0.4 is 5.32 Å². The third kappa shape index (κ3) is 4.92. The van der Waals surface area contributed by atoms with Gasteiger partial charge in [-0.15, -0.1) is 0 Å². The topological polar surface area (TPSA) is 102 Å². The van der Waals surface area contributed by atoms with Gasteiger partial charge in [-0.3, -0.25) is 10.1 Å². The Balaban J connectivity index is 1.92. The van der Waals surface area contributed by atoms with Gasteiger partial charge in [0, 0.05) is 19.2 Å². The van der Waals surface area contributed by atoms with E-state index in [4.69, 9.17) is 4.74 Å². The number of rotatable bonds is 8. The number of hydrogen-bond acceptors (Lipinski definition) is 6. The minimum Gasteiger partial charge on any atom is -0.379 e. The summed E-state index contributed by atoms with van der Waals surface area (Å²) in [6, 6.07) is 13.6. The second-order valence-corrected chi connectivity index (χ2v) is 8.79. The van der Waals surface area contributed by atoms with Gasteiger partial charge in [-0.1, -0.05) is 43.7 Å². The summed E-state index contributed by atoms with van der Waals surface area (Å²) in [4.78, 5) is 11.1. The molecule has 1 fully saturated rings. The van der Waals surface area contributed by atoms with Crippen molar-refractivity contribution in [3.8, 4) is 0 Å². The zero-order valence-corrected chi connectivity index (χ0v) is 17.1. The van der Waals surface area contributed by atoms with Crippen LogP contribution in [0.5, 0.6) is 0 Å². The molecule has 156 valence electrons. The number of nitrogens with zero attached hydrogens (tertiary/aromatic N) is 2. The van der Waals surface area contributed by atoms with Crippen LogP contribution in [-0.4, -0.2) is 43.9 Å². The highest BCUT2D eigenvalue weighted by Crippen LogP contribution is 2.33. The first kappa shape index (κ1) is 21.2. The second-order valence-electron chi connectivity index (χ2n) is 6.85. The van der Waals surface area contributed by atoms with Crippen LogP contribution in [0.1, 0.15) is 31.4 Å². The summed E-state index contributed by atoms with van der Waals surface area (Å²) in [5.74, 6) is 0. The van der Waals surface area contributed by atoms with Crippen LogP contribution in [0.25, 0.3) is 0 Å². The first-order valence-electron chi connectivity index (χ1n) is 9.61. The van der Waals surface area contributed by atoms with E-state index in [1.54, 1.807) is 0 Å². The van der Waals surface area contributed by atoms with Crippen molar-refractivity contribution >= 4 is 21.4 Å². The maximum Gasteiger partial charge on any atom is 0.293 e. The molecule has 9 heteroatoms. The molecule has 8 nitrogen and oxygen atoms in total. The third-order valence-electron chi connectivity index (χ3n) is 4.88. The van der Waals surface area contributed by atoms with Gasteiger partial charge >= 0.3 is 0 Å². The van der Waals surface area contributed by atoms with Crippen molar-refractivity contribution in [1.82, 2.24) is 4.31 Å². The highest BCUT2D eigenvalue weighted by Gasteiger charge is 2.29. The maximum atomic E-state index is 12.8. The Morgan fingerprint density at radius 3 is 2.48 bits per heavy atom. The molecule has 0 spiro atoms. The lowest BCUT2D eigenvalue weighted by atomic mass is 10.0. The van der Waals surface area contributed by atoms with Crippen LogP contribution in [0, 0.1) is 10.1 Å². The fourth-order valence-corrected chi connectivity index (χ4v) is 4.79. The van der Waals surface area contributed by atoms with E-state index < -0.39 is 14.9 Å². The molecule has 0 radical (unpaired) electrons. The number of nitro groups is 1. The third-order valence-corrected chi connectivity index (χ3v) is 6.78. The molecule has 0 amide bonds. The number of hydrogen-bond donors (Lipinski definition) is 1. The van der Waals surface area contributed by atoms with Gasteiger partial charge in [-0.2, -0.15) is 4.31 Å². The van der Waals surface area contributed by atoms with Crippen LogP contribution in [0.3, 0.4) is 0 Å². The van der Waals surface area contributed by atoms with Crippen molar-refractivity contribution in [3.05, 3.63) is 64.2 Å². The van der Waals surface area contributed by atoms with E-state index in [1.165, 1.54) is 16.4 Å². The summed E-state index contributed by atoms with van der Waals surface area (Å²) in [5.41, 5.74) is 1.07. The molecule has 1 N–H and O–H groups in total. The number of benzene rings is 2. The molecule has 0 unspecified atom stereocenters. The summed E-state index contributed by atoms with van der Waals surface area (Å²) in [6.45, 7) is 3.16. The number of nitro benzene ring substituents is 1. The summed E-state index contributed by atoms with van der Waals surface area (Å²) in [6.07, 6.45) is 1.68. The zero-order valence-electron chi connectivity index (χ0n) is 16.3. The molecule has 1 aliphatic heterocycles. The van der Waals surface area contributed by atoms with Gasteiger partial charge in [0.05, 0.1) is 29.1 Å². The van der Waals surface area contributed by atoms with E-state index in [-0.39, 0.29) is 29.7 Å². The molecule has 1 aliphatic rings. The standard InChI is InChI=1S/C20H25N3O5S/c1-2-6-18(16-7-4-3-5-8-16)21-19-10-9-17(15-20(19)23(24)25)29(26,27)22-11-13-28-14-12-22/h3-5,7-10,15,18,21H,2,6,11-14H2,1H3/t18-/m1/s1. The molecule has 1 heterocycles. The van der Waals surface area contributed by atoms with Crippen molar-refractivity contribution in [2.45, 2.75) is 30.7 Å². The molecule has 2 aromatic carbocycles. The van der Waals surface area contributed by atoms with Crippen molar-refractivity contribution in [2.75, 3.05) is 31.6 Å². The van der Waals surface area contributed by atoms with E-state index in [0.29, 0.717) is 18.9 Å². The number of anilines is 1. The molecule has 1 saturated heterocycles. The molecular weight excluding hydrogens is 394 g/mol. The summed E-state index contributed by atoms with van der Waals surface area (Å²) in [5, 5.41) is 14.9. The van der Waals surface area contributed by atoms with Gasteiger partial charge in [-0.25, -0.2) is 8.42 Å². The summed E-state index contributed by atoms with van der Waals surface area (Å²) in [7, 11) is -3.80. The Kier molecular flexibility index (Phi) is 6.83. The van der Waals surface area contributed by atoms with E-state index in [2.05, 4.69) is 5.32 Å². The molecule has 0 aliphatic carbocycles. The Bertz CT molecular complexity index is 944. The summed E-state index contributed by atoms with van der Waals surface area (Å²) >= 11 is 0. The lowest BCUT2D eigenvalue weighted by Gasteiger charge is -2.26. The van der Waals surface area contributed by atoms with Gasteiger partial charge in [0.2, 0.25) is 10.0 Å². The Morgan fingerprint density at radius 2 is 1.86 bits per heavy atom. The van der Waals surface area contributed by atoms with Crippen LogP contribution in [0.4, 0.5) is 11.4 Å².